The molecule has 0 saturated heterocycles. The first-order chi connectivity index (χ1) is 9.34. The zero-order valence-electron chi connectivity index (χ0n) is 11.0. The Hall–Kier alpha value is -1.26. The third-order valence-corrected chi connectivity index (χ3v) is 3.46. The van der Waals surface area contributed by atoms with Crippen LogP contribution >= 0.6 is 15.9 Å². The molecule has 0 saturated carbocycles. The number of hydrogen-bond donors (Lipinski definition) is 1. The Kier molecular flexibility index (Phi) is 4.55. The molecular formula is C16H15BrF2O. The van der Waals surface area contributed by atoms with Gasteiger partial charge in [-0.3, -0.25) is 0 Å². The minimum atomic E-state index is -1.02. The van der Waals surface area contributed by atoms with Crippen molar-refractivity contribution in [1.82, 2.24) is 0 Å². The van der Waals surface area contributed by atoms with E-state index >= 15 is 0 Å². The van der Waals surface area contributed by atoms with Gasteiger partial charge in [0.1, 0.15) is 11.6 Å². The summed E-state index contributed by atoms with van der Waals surface area (Å²) in [7, 11) is 0. The van der Waals surface area contributed by atoms with E-state index in [-0.39, 0.29) is 11.6 Å². The van der Waals surface area contributed by atoms with Gasteiger partial charge in [-0.25, -0.2) is 8.78 Å². The summed E-state index contributed by atoms with van der Waals surface area (Å²) >= 11 is 3.23. The maximum absolute atomic E-state index is 13.3. The van der Waals surface area contributed by atoms with Crippen molar-refractivity contribution in [3.05, 3.63) is 69.7 Å². The lowest BCUT2D eigenvalue weighted by Gasteiger charge is -2.23. The van der Waals surface area contributed by atoms with Crippen LogP contribution in [0.25, 0.3) is 0 Å². The average molecular weight is 341 g/mol. The van der Waals surface area contributed by atoms with E-state index < -0.39 is 5.60 Å². The van der Waals surface area contributed by atoms with Crippen LogP contribution in [0, 0.1) is 11.6 Å². The molecular weight excluding hydrogens is 326 g/mol. The Morgan fingerprint density at radius 3 is 2.15 bits per heavy atom. The SMILES string of the molecule is CC(O)(Cc1ccc(F)cc1)Cc1cc(F)cc(Br)c1. The van der Waals surface area contributed by atoms with Crippen LogP contribution in [0.3, 0.4) is 0 Å². The lowest BCUT2D eigenvalue weighted by molar-refractivity contribution is 0.0607. The van der Waals surface area contributed by atoms with Crippen LogP contribution in [0.2, 0.25) is 0 Å². The van der Waals surface area contributed by atoms with E-state index in [9.17, 15) is 13.9 Å². The molecule has 0 radical (unpaired) electrons. The minimum absolute atomic E-state index is 0.303. The van der Waals surface area contributed by atoms with Crippen molar-refractivity contribution in [2.45, 2.75) is 25.4 Å². The van der Waals surface area contributed by atoms with Gasteiger partial charge in [0.15, 0.2) is 0 Å². The predicted octanol–water partition coefficient (Wildman–Crippen LogP) is 4.26. The Labute approximate surface area is 125 Å². The molecule has 0 heterocycles. The summed E-state index contributed by atoms with van der Waals surface area (Å²) in [6.45, 7) is 1.69. The summed E-state index contributed by atoms with van der Waals surface area (Å²) in [5, 5.41) is 10.4. The van der Waals surface area contributed by atoms with E-state index in [2.05, 4.69) is 15.9 Å². The Bertz CT molecular complexity index is 574. The standard InChI is InChI=1S/C16H15BrF2O/c1-16(20,9-11-2-4-14(18)5-3-11)10-12-6-13(17)8-15(19)7-12/h2-8,20H,9-10H2,1H3. The second-order valence-corrected chi connectivity index (χ2v) is 6.17. The molecule has 1 atom stereocenters. The Balaban J connectivity index is 2.12. The van der Waals surface area contributed by atoms with Crippen LogP contribution < -0.4 is 0 Å². The highest BCUT2D eigenvalue weighted by Crippen LogP contribution is 2.22. The fraction of sp³-hybridized carbons (Fsp3) is 0.250. The van der Waals surface area contributed by atoms with Gasteiger partial charge in [-0.05, 0) is 48.4 Å². The molecule has 0 aliphatic rings. The molecule has 2 aromatic carbocycles. The summed E-state index contributed by atoms with van der Waals surface area (Å²) in [4.78, 5) is 0. The third kappa shape index (κ3) is 4.39. The van der Waals surface area contributed by atoms with E-state index in [1.54, 1.807) is 25.1 Å². The monoisotopic (exact) mass is 340 g/mol. The molecule has 0 amide bonds. The first kappa shape index (κ1) is 15.1. The number of hydrogen-bond acceptors (Lipinski definition) is 1. The van der Waals surface area contributed by atoms with Gasteiger partial charge >= 0.3 is 0 Å². The molecule has 0 fully saturated rings. The normalized spacial score (nSPS) is 14.1. The van der Waals surface area contributed by atoms with Gasteiger partial charge in [0.05, 0.1) is 5.60 Å². The highest BCUT2D eigenvalue weighted by molar-refractivity contribution is 9.10. The van der Waals surface area contributed by atoms with E-state index in [0.29, 0.717) is 22.9 Å². The van der Waals surface area contributed by atoms with Gasteiger partial charge in [0.2, 0.25) is 0 Å². The molecule has 2 aromatic rings. The van der Waals surface area contributed by atoms with Crippen molar-refractivity contribution >= 4 is 15.9 Å². The lowest BCUT2D eigenvalue weighted by Crippen LogP contribution is -2.30. The molecule has 0 aliphatic carbocycles. The first-order valence-corrected chi connectivity index (χ1v) is 7.05. The van der Waals surface area contributed by atoms with E-state index in [0.717, 1.165) is 5.56 Å². The molecule has 0 aromatic heterocycles. The summed E-state index contributed by atoms with van der Waals surface area (Å²) in [6.07, 6.45) is 0.697. The zero-order valence-corrected chi connectivity index (χ0v) is 12.6. The highest BCUT2D eigenvalue weighted by atomic mass is 79.9. The zero-order chi connectivity index (χ0) is 14.8. The summed E-state index contributed by atoms with van der Waals surface area (Å²) < 4.78 is 26.8. The molecule has 0 spiro atoms. The molecule has 1 unspecified atom stereocenters. The van der Waals surface area contributed by atoms with E-state index in [1.165, 1.54) is 24.3 Å². The van der Waals surface area contributed by atoms with Gasteiger partial charge in [-0.1, -0.05) is 28.1 Å². The quantitative estimate of drug-likeness (QED) is 0.881. The second kappa shape index (κ2) is 6.02. The van der Waals surface area contributed by atoms with Crippen molar-refractivity contribution in [2.75, 3.05) is 0 Å². The van der Waals surface area contributed by atoms with Crippen molar-refractivity contribution in [2.24, 2.45) is 0 Å². The third-order valence-electron chi connectivity index (χ3n) is 3.01. The first-order valence-electron chi connectivity index (χ1n) is 6.26. The highest BCUT2D eigenvalue weighted by Gasteiger charge is 2.22. The molecule has 2 rings (SSSR count). The van der Waals surface area contributed by atoms with Gasteiger partial charge in [0, 0.05) is 17.3 Å². The second-order valence-electron chi connectivity index (χ2n) is 5.25. The lowest BCUT2D eigenvalue weighted by atomic mass is 9.90. The number of aliphatic hydroxyl groups is 1. The van der Waals surface area contributed by atoms with Crippen molar-refractivity contribution in [1.29, 1.82) is 0 Å². The molecule has 1 nitrogen and oxygen atoms in total. The van der Waals surface area contributed by atoms with Crippen molar-refractivity contribution < 1.29 is 13.9 Å². The van der Waals surface area contributed by atoms with Gasteiger partial charge < -0.3 is 5.11 Å². The largest absolute Gasteiger partial charge is 0.389 e. The minimum Gasteiger partial charge on any atom is -0.389 e. The summed E-state index contributed by atoms with van der Waals surface area (Å²) in [5.74, 6) is -0.644. The summed E-state index contributed by atoms with van der Waals surface area (Å²) in [6, 6.07) is 10.6. The Morgan fingerprint density at radius 1 is 0.950 bits per heavy atom. The maximum atomic E-state index is 13.3. The molecule has 1 N–H and O–H groups in total. The van der Waals surface area contributed by atoms with E-state index in [4.69, 9.17) is 0 Å². The fourth-order valence-electron chi connectivity index (χ4n) is 2.26. The number of benzene rings is 2. The van der Waals surface area contributed by atoms with Crippen molar-refractivity contribution in [3.8, 4) is 0 Å². The van der Waals surface area contributed by atoms with Gasteiger partial charge in [-0.15, -0.1) is 0 Å². The smallest absolute Gasteiger partial charge is 0.124 e. The molecule has 20 heavy (non-hydrogen) atoms. The molecule has 106 valence electrons. The van der Waals surface area contributed by atoms with Crippen LogP contribution in [0.1, 0.15) is 18.1 Å². The Morgan fingerprint density at radius 2 is 1.55 bits per heavy atom. The predicted molar refractivity (Wildman–Crippen MR) is 78.5 cm³/mol. The maximum Gasteiger partial charge on any atom is 0.124 e. The molecule has 0 bridgehead atoms. The van der Waals surface area contributed by atoms with Crippen LogP contribution in [-0.4, -0.2) is 10.7 Å². The number of rotatable bonds is 4. The number of halogens is 3. The topological polar surface area (TPSA) is 20.2 Å². The van der Waals surface area contributed by atoms with Gasteiger partial charge in [-0.2, -0.15) is 0 Å². The van der Waals surface area contributed by atoms with Crippen LogP contribution in [0.5, 0.6) is 0 Å². The molecule has 4 heteroatoms. The summed E-state index contributed by atoms with van der Waals surface area (Å²) in [5.41, 5.74) is 0.529. The molecule has 0 aliphatic heterocycles. The average Bonchev–Trinajstić information content (AvgIpc) is 2.29. The van der Waals surface area contributed by atoms with Crippen LogP contribution in [-0.2, 0) is 12.8 Å². The van der Waals surface area contributed by atoms with Gasteiger partial charge in [0.25, 0.3) is 0 Å². The van der Waals surface area contributed by atoms with Crippen molar-refractivity contribution in [3.63, 3.8) is 0 Å². The fourth-order valence-corrected chi connectivity index (χ4v) is 2.77. The van der Waals surface area contributed by atoms with Crippen LogP contribution in [0.15, 0.2) is 46.9 Å². The van der Waals surface area contributed by atoms with Crippen LogP contribution in [0.4, 0.5) is 8.78 Å². The van der Waals surface area contributed by atoms with E-state index in [1.807, 2.05) is 0 Å².